The predicted octanol–water partition coefficient (Wildman–Crippen LogP) is 1.98. The molecule has 0 saturated carbocycles. The summed E-state index contributed by atoms with van der Waals surface area (Å²) in [7, 11) is -2.69. The van der Waals surface area contributed by atoms with Gasteiger partial charge in [-0.15, -0.1) is 22.7 Å². The third-order valence-electron chi connectivity index (χ3n) is 2.18. The molecule has 0 spiro atoms. The third kappa shape index (κ3) is 0.842. The van der Waals surface area contributed by atoms with E-state index in [0.717, 1.165) is 20.4 Å². The van der Waals surface area contributed by atoms with Crippen molar-refractivity contribution in [2.45, 2.75) is 0 Å². The van der Waals surface area contributed by atoms with Gasteiger partial charge in [0.2, 0.25) is 7.29 Å². The van der Waals surface area contributed by atoms with Crippen molar-refractivity contribution in [2.75, 3.05) is 0 Å². The van der Waals surface area contributed by atoms with Crippen molar-refractivity contribution in [1.82, 2.24) is 0 Å². The maximum absolute atomic E-state index is 12.2. The van der Waals surface area contributed by atoms with E-state index in [0.29, 0.717) is 0 Å². The first-order valence-electron chi connectivity index (χ1n) is 3.76. The van der Waals surface area contributed by atoms with Gasteiger partial charge in [-0.2, -0.15) is 0 Å². The van der Waals surface area contributed by atoms with Crippen molar-refractivity contribution in [1.29, 1.82) is 0 Å². The Kier molecular flexibility index (Phi) is 1.43. The van der Waals surface area contributed by atoms with Crippen LogP contribution in [0.4, 0.5) is 0 Å². The molecule has 3 heterocycles. The minimum Gasteiger partial charge on any atom is -0.295 e. The summed E-state index contributed by atoms with van der Waals surface area (Å²) in [5, 5.41) is 3.90. The van der Waals surface area contributed by atoms with E-state index in [4.69, 9.17) is 5.50 Å². The van der Waals surface area contributed by atoms with Crippen LogP contribution < -0.4 is 14.7 Å². The molecular weight excluding hydrogens is 221 g/mol. The van der Waals surface area contributed by atoms with Crippen LogP contribution in [0.3, 0.4) is 0 Å². The quantitative estimate of drug-likeness (QED) is 0.699. The fraction of sp³-hybridized carbons (Fsp3) is 0. The molecule has 1 aliphatic rings. The topological polar surface area (TPSA) is 43.1 Å². The first-order valence-corrected chi connectivity index (χ1v) is 7.30. The van der Waals surface area contributed by atoms with Gasteiger partial charge in [-0.25, -0.2) is 0 Å². The molecule has 66 valence electrons. The fourth-order valence-corrected chi connectivity index (χ4v) is 6.52. The van der Waals surface area contributed by atoms with Crippen LogP contribution >= 0.6 is 30.0 Å². The van der Waals surface area contributed by atoms with E-state index >= 15 is 0 Å². The standard InChI is InChI=1S/C8H6NOPS2/c9-11(10)7-5(1-3-12-7)6-2-4-13-8(6)11/h1-4H,(H2,9,10). The fourth-order valence-electron chi connectivity index (χ4n) is 1.62. The maximum Gasteiger partial charge on any atom is 0.222 e. The van der Waals surface area contributed by atoms with Gasteiger partial charge in [0.15, 0.2) is 0 Å². The van der Waals surface area contributed by atoms with E-state index in [1.807, 2.05) is 22.9 Å². The first-order chi connectivity index (χ1) is 6.21. The van der Waals surface area contributed by atoms with Gasteiger partial charge < -0.3 is 0 Å². The van der Waals surface area contributed by atoms with Crippen LogP contribution in [0.25, 0.3) is 11.1 Å². The van der Waals surface area contributed by atoms with Crippen molar-refractivity contribution in [3.63, 3.8) is 0 Å². The van der Waals surface area contributed by atoms with Gasteiger partial charge in [0, 0.05) is 11.1 Å². The van der Waals surface area contributed by atoms with Crippen LogP contribution in [0.5, 0.6) is 0 Å². The Hall–Kier alpha value is -0.410. The smallest absolute Gasteiger partial charge is 0.222 e. The summed E-state index contributed by atoms with van der Waals surface area (Å²) < 4.78 is 13.9. The summed E-state index contributed by atoms with van der Waals surface area (Å²) >= 11 is 3.00. The molecular formula is C8H6NOPS2. The second-order valence-electron chi connectivity index (χ2n) is 2.94. The monoisotopic (exact) mass is 227 g/mol. The molecule has 0 unspecified atom stereocenters. The second kappa shape index (κ2) is 2.34. The molecule has 2 N–H and O–H groups in total. The highest BCUT2D eigenvalue weighted by molar-refractivity contribution is 7.86. The van der Waals surface area contributed by atoms with Gasteiger partial charge in [-0.1, -0.05) is 0 Å². The Labute approximate surface area is 83.4 Å². The Bertz CT molecular complexity index is 483. The lowest BCUT2D eigenvalue weighted by molar-refractivity contribution is 0.589. The van der Waals surface area contributed by atoms with E-state index in [1.165, 1.54) is 22.7 Å². The molecule has 0 atom stereocenters. The highest BCUT2D eigenvalue weighted by atomic mass is 32.1. The number of rotatable bonds is 0. The number of thiophene rings is 2. The molecule has 0 saturated heterocycles. The molecule has 5 heteroatoms. The SMILES string of the molecule is NP1(=O)c2sccc2-c2ccsc21. The van der Waals surface area contributed by atoms with Gasteiger partial charge in [0.1, 0.15) is 0 Å². The Morgan fingerprint density at radius 3 is 2.00 bits per heavy atom. The normalized spacial score (nSPS) is 17.0. The van der Waals surface area contributed by atoms with Gasteiger partial charge >= 0.3 is 0 Å². The number of fused-ring (bicyclic) bond motifs is 3. The zero-order valence-corrected chi connectivity index (χ0v) is 9.09. The first kappa shape index (κ1) is 7.94. The summed E-state index contributed by atoms with van der Waals surface area (Å²) in [6.45, 7) is 0. The van der Waals surface area contributed by atoms with Gasteiger partial charge in [-0.3, -0.25) is 10.1 Å². The highest BCUT2D eigenvalue weighted by Crippen LogP contribution is 2.50. The van der Waals surface area contributed by atoms with Crippen LogP contribution in [0.15, 0.2) is 22.9 Å². The summed E-state index contributed by atoms with van der Waals surface area (Å²) in [5.41, 5.74) is 8.02. The second-order valence-corrected chi connectivity index (χ2v) is 7.58. The Morgan fingerprint density at radius 2 is 1.54 bits per heavy atom. The lowest BCUT2D eigenvalue weighted by atomic mass is 10.2. The molecule has 3 rings (SSSR count). The van der Waals surface area contributed by atoms with Crippen molar-refractivity contribution >= 4 is 39.2 Å². The maximum atomic E-state index is 12.2. The molecule has 0 fully saturated rings. The van der Waals surface area contributed by atoms with Crippen molar-refractivity contribution < 1.29 is 4.57 Å². The van der Waals surface area contributed by atoms with E-state index < -0.39 is 7.29 Å². The molecule has 0 bridgehead atoms. The molecule has 0 aliphatic carbocycles. The summed E-state index contributed by atoms with van der Waals surface area (Å²) in [5.74, 6) is 0. The molecule has 1 aliphatic heterocycles. The van der Waals surface area contributed by atoms with Crippen molar-refractivity contribution in [3.8, 4) is 11.1 Å². The molecule has 0 aromatic carbocycles. The average molecular weight is 227 g/mol. The highest BCUT2D eigenvalue weighted by Gasteiger charge is 2.37. The minimum absolute atomic E-state index is 0.870. The zero-order valence-electron chi connectivity index (χ0n) is 6.56. The van der Waals surface area contributed by atoms with Crippen LogP contribution in [-0.2, 0) is 4.57 Å². The molecule has 13 heavy (non-hydrogen) atoms. The van der Waals surface area contributed by atoms with Crippen LogP contribution in [-0.4, -0.2) is 0 Å². The largest absolute Gasteiger partial charge is 0.295 e. The van der Waals surface area contributed by atoms with Crippen LogP contribution in [0.1, 0.15) is 0 Å². The number of nitrogens with two attached hydrogens (primary N) is 1. The zero-order chi connectivity index (χ0) is 9.05. The van der Waals surface area contributed by atoms with E-state index in [-0.39, 0.29) is 0 Å². The lowest BCUT2D eigenvalue weighted by Crippen LogP contribution is -2.12. The van der Waals surface area contributed by atoms with Gasteiger partial charge in [0.05, 0.1) is 9.24 Å². The van der Waals surface area contributed by atoms with E-state index in [1.54, 1.807) is 0 Å². The molecule has 2 aromatic rings. The minimum atomic E-state index is -2.69. The number of hydrogen-bond acceptors (Lipinski definition) is 3. The lowest BCUT2D eigenvalue weighted by Gasteiger charge is -2.02. The Balaban J connectivity index is 2.51. The Morgan fingerprint density at radius 1 is 1.08 bits per heavy atom. The van der Waals surface area contributed by atoms with Crippen molar-refractivity contribution in [3.05, 3.63) is 22.9 Å². The van der Waals surface area contributed by atoms with E-state index in [9.17, 15) is 4.57 Å². The summed E-state index contributed by atoms with van der Waals surface area (Å²) in [4.78, 5) is 0. The predicted molar refractivity (Wildman–Crippen MR) is 58.7 cm³/mol. The average Bonchev–Trinajstić information content (AvgIpc) is 2.74. The third-order valence-corrected chi connectivity index (χ3v) is 7.56. The summed E-state index contributed by atoms with van der Waals surface area (Å²) in [6.07, 6.45) is 0. The summed E-state index contributed by atoms with van der Waals surface area (Å²) in [6, 6.07) is 4.00. The van der Waals surface area contributed by atoms with Crippen molar-refractivity contribution in [2.24, 2.45) is 5.50 Å². The van der Waals surface area contributed by atoms with Gasteiger partial charge in [-0.05, 0) is 22.9 Å². The van der Waals surface area contributed by atoms with Crippen LogP contribution in [0, 0.1) is 0 Å². The molecule has 2 aromatic heterocycles. The number of hydrogen-bond donors (Lipinski definition) is 1. The van der Waals surface area contributed by atoms with E-state index in [2.05, 4.69) is 0 Å². The molecule has 0 radical (unpaired) electrons. The van der Waals surface area contributed by atoms with Crippen LogP contribution in [0.2, 0.25) is 0 Å². The molecule has 2 nitrogen and oxygen atoms in total. The molecule has 0 amide bonds. The van der Waals surface area contributed by atoms with Gasteiger partial charge in [0.25, 0.3) is 0 Å².